The van der Waals surface area contributed by atoms with Crippen molar-refractivity contribution in [3.05, 3.63) is 70.7 Å². The van der Waals surface area contributed by atoms with Crippen LogP contribution in [-0.4, -0.2) is 15.8 Å². The van der Waals surface area contributed by atoms with Crippen molar-refractivity contribution in [2.24, 2.45) is 0 Å². The van der Waals surface area contributed by atoms with Crippen LogP contribution in [0.2, 0.25) is 0 Å². The molecule has 0 aliphatic rings. The molecule has 2 amide bonds. The molecular formula is C17H18N4OS. The Morgan fingerprint density at radius 2 is 2.13 bits per heavy atom. The predicted octanol–water partition coefficient (Wildman–Crippen LogP) is 3.49. The van der Waals surface area contributed by atoms with Gasteiger partial charge in [0.15, 0.2) is 0 Å². The molecule has 0 saturated heterocycles. The Hall–Kier alpha value is -2.60. The standard InChI is InChI=1S/C17H18N4OS/c1-13(20-17(22)18-11-14-7-10-23-12-14)15-3-5-16(6-4-15)21-9-2-8-19-21/h2-10,12-13H,11H2,1H3,(H2,18,20,22)/t13-/m1/s1. The smallest absolute Gasteiger partial charge is 0.315 e. The lowest BCUT2D eigenvalue weighted by Crippen LogP contribution is -2.36. The van der Waals surface area contributed by atoms with Gasteiger partial charge in [0, 0.05) is 18.9 Å². The Bertz CT molecular complexity index is 736. The van der Waals surface area contributed by atoms with E-state index in [0.29, 0.717) is 6.54 Å². The summed E-state index contributed by atoms with van der Waals surface area (Å²) >= 11 is 1.62. The van der Waals surface area contributed by atoms with Gasteiger partial charge in [-0.05, 0) is 53.1 Å². The number of nitrogens with one attached hydrogen (secondary N) is 2. The van der Waals surface area contributed by atoms with E-state index in [9.17, 15) is 4.79 Å². The van der Waals surface area contributed by atoms with Crippen molar-refractivity contribution in [1.29, 1.82) is 0 Å². The zero-order valence-corrected chi connectivity index (χ0v) is 13.6. The first-order chi connectivity index (χ1) is 11.2. The molecule has 2 N–H and O–H groups in total. The average Bonchev–Trinajstić information content (AvgIpc) is 3.26. The van der Waals surface area contributed by atoms with Gasteiger partial charge in [0.2, 0.25) is 0 Å². The fraction of sp³-hybridized carbons (Fsp3) is 0.176. The number of thiophene rings is 1. The molecule has 0 spiro atoms. The van der Waals surface area contributed by atoms with E-state index >= 15 is 0 Å². The Kier molecular flexibility index (Phi) is 4.73. The van der Waals surface area contributed by atoms with Gasteiger partial charge in [-0.1, -0.05) is 12.1 Å². The molecule has 0 bridgehead atoms. The molecule has 3 aromatic rings. The molecular weight excluding hydrogens is 308 g/mol. The third-order valence-electron chi connectivity index (χ3n) is 3.54. The van der Waals surface area contributed by atoms with Crippen LogP contribution in [-0.2, 0) is 6.54 Å². The lowest BCUT2D eigenvalue weighted by atomic mass is 10.1. The van der Waals surface area contributed by atoms with E-state index in [-0.39, 0.29) is 12.1 Å². The van der Waals surface area contributed by atoms with E-state index < -0.39 is 0 Å². The summed E-state index contributed by atoms with van der Waals surface area (Å²) in [5.41, 5.74) is 3.15. The van der Waals surface area contributed by atoms with E-state index in [0.717, 1.165) is 16.8 Å². The van der Waals surface area contributed by atoms with E-state index in [1.54, 1.807) is 22.2 Å². The first kappa shape index (κ1) is 15.3. The molecule has 0 unspecified atom stereocenters. The first-order valence-corrected chi connectivity index (χ1v) is 8.32. The second-order valence-electron chi connectivity index (χ2n) is 5.22. The van der Waals surface area contributed by atoms with E-state index in [1.807, 2.05) is 60.3 Å². The number of benzene rings is 1. The van der Waals surface area contributed by atoms with Crippen molar-refractivity contribution in [3.63, 3.8) is 0 Å². The quantitative estimate of drug-likeness (QED) is 0.754. The van der Waals surface area contributed by atoms with Crippen LogP contribution in [0.4, 0.5) is 4.79 Å². The maximum atomic E-state index is 11.9. The molecule has 0 radical (unpaired) electrons. The van der Waals surface area contributed by atoms with Crippen LogP contribution >= 0.6 is 11.3 Å². The molecule has 2 aromatic heterocycles. The SMILES string of the molecule is C[C@@H](NC(=O)NCc1ccsc1)c1ccc(-n2cccn2)cc1. The number of urea groups is 1. The van der Waals surface area contributed by atoms with Crippen molar-refractivity contribution in [2.45, 2.75) is 19.5 Å². The van der Waals surface area contributed by atoms with Gasteiger partial charge in [-0.3, -0.25) is 0 Å². The zero-order valence-electron chi connectivity index (χ0n) is 12.8. The number of hydrogen-bond acceptors (Lipinski definition) is 3. The molecule has 1 aromatic carbocycles. The Labute approximate surface area is 139 Å². The van der Waals surface area contributed by atoms with Gasteiger partial charge in [0.25, 0.3) is 0 Å². The molecule has 118 valence electrons. The maximum absolute atomic E-state index is 11.9. The highest BCUT2D eigenvalue weighted by Gasteiger charge is 2.09. The highest BCUT2D eigenvalue weighted by molar-refractivity contribution is 7.07. The summed E-state index contributed by atoms with van der Waals surface area (Å²) in [6.45, 7) is 2.51. The maximum Gasteiger partial charge on any atom is 0.315 e. The van der Waals surface area contributed by atoms with Crippen LogP contribution in [0.15, 0.2) is 59.6 Å². The van der Waals surface area contributed by atoms with Gasteiger partial charge in [-0.15, -0.1) is 0 Å². The average molecular weight is 326 g/mol. The van der Waals surface area contributed by atoms with Crippen molar-refractivity contribution in [1.82, 2.24) is 20.4 Å². The molecule has 0 fully saturated rings. The van der Waals surface area contributed by atoms with Crippen LogP contribution < -0.4 is 10.6 Å². The summed E-state index contributed by atoms with van der Waals surface area (Å²) in [5, 5.41) is 14.0. The normalized spacial score (nSPS) is 11.9. The van der Waals surface area contributed by atoms with Gasteiger partial charge in [-0.25, -0.2) is 9.48 Å². The number of carbonyl (C=O) groups excluding carboxylic acids is 1. The molecule has 6 heteroatoms. The van der Waals surface area contributed by atoms with Gasteiger partial charge in [0.1, 0.15) is 0 Å². The molecule has 3 rings (SSSR count). The molecule has 1 atom stereocenters. The summed E-state index contributed by atoms with van der Waals surface area (Å²) in [6.07, 6.45) is 3.64. The lowest BCUT2D eigenvalue weighted by molar-refractivity contribution is 0.237. The zero-order chi connectivity index (χ0) is 16.1. The summed E-state index contributed by atoms with van der Waals surface area (Å²) in [7, 11) is 0. The van der Waals surface area contributed by atoms with Crippen LogP contribution in [0.5, 0.6) is 0 Å². The minimum Gasteiger partial charge on any atom is -0.334 e. The van der Waals surface area contributed by atoms with Crippen molar-refractivity contribution in [3.8, 4) is 5.69 Å². The molecule has 5 nitrogen and oxygen atoms in total. The number of nitrogens with zero attached hydrogens (tertiary/aromatic N) is 2. The van der Waals surface area contributed by atoms with Gasteiger partial charge in [0.05, 0.1) is 11.7 Å². The summed E-state index contributed by atoms with van der Waals surface area (Å²) < 4.78 is 1.80. The fourth-order valence-corrected chi connectivity index (χ4v) is 2.91. The third kappa shape index (κ3) is 3.98. The number of hydrogen-bond donors (Lipinski definition) is 2. The topological polar surface area (TPSA) is 59.0 Å². The number of aromatic nitrogens is 2. The van der Waals surface area contributed by atoms with E-state index in [2.05, 4.69) is 15.7 Å². The van der Waals surface area contributed by atoms with Gasteiger partial charge in [-0.2, -0.15) is 16.4 Å². The highest BCUT2D eigenvalue weighted by atomic mass is 32.1. The van der Waals surface area contributed by atoms with E-state index in [4.69, 9.17) is 0 Å². The second kappa shape index (κ2) is 7.11. The summed E-state index contributed by atoms with van der Waals surface area (Å²) in [5.74, 6) is 0. The number of rotatable bonds is 5. The third-order valence-corrected chi connectivity index (χ3v) is 4.27. The van der Waals surface area contributed by atoms with Crippen molar-refractivity contribution >= 4 is 17.4 Å². The van der Waals surface area contributed by atoms with Crippen molar-refractivity contribution in [2.75, 3.05) is 0 Å². The number of amides is 2. The summed E-state index contributed by atoms with van der Waals surface area (Å²) in [4.78, 5) is 11.9. The first-order valence-electron chi connectivity index (χ1n) is 7.38. The van der Waals surface area contributed by atoms with Crippen molar-refractivity contribution < 1.29 is 4.79 Å². The fourth-order valence-electron chi connectivity index (χ4n) is 2.24. The van der Waals surface area contributed by atoms with Crippen LogP contribution in [0, 0.1) is 0 Å². The molecule has 23 heavy (non-hydrogen) atoms. The minimum absolute atomic E-state index is 0.0656. The van der Waals surface area contributed by atoms with Gasteiger partial charge < -0.3 is 10.6 Å². The van der Waals surface area contributed by atoms with Crippen LogP contribution in [0.25, 0.3) is 5.69 Å². The van der Waals surface area contributed by atoms with Gasteiger partial charge >= 0.3 is 6.03 Å². The Morgan fingerprint density at radius 3 is 2.78 bits per heavy atom. The Balaban J connectivity index is 1.55. The molecule has 0 saturated carbocycles. The van der Waals surface area contributed by atoms with Crippen LogP contribution in [0.1, 0.15) is 24.1 Å². The Morgan fingerprint density at radius 1 is 1.30 bits per heavy atom. The minimum atomic E-state index is -0.167. The lowest BCUT2D eigenvalue weighted by Gasteiger charge is -2.15. The molecule has 0 aliphatic heterocycles. The largest absolute Gasteiger partial charge is 0.334 e. The predicted molar refractivity (Wildman–Crippen MR) is 91.7 cm³/mol. The summed E-state index contributed by atoms with van der Waals surface area (Å²) in [6, 6.07) is 11.6. The monoisotopic (exact) mass is 326 g/mol. The highest BCUT2D eigenvalue weighted by Crippen LogP contribution is 2.15. The number of carbonyl (C=O) groups is 1. The van der Waals surface area contributed by atoms with Crippen LogP contribution in [0.3, 0.4) is 0 Å². The molecule has 0 aliphatic carbocycles. The second-order valence-corrected chi connectivity index (χ2v) is 6.00. The van der Waals surface area contributed by atoms with E-state index in [1.165, 1.54) is 0 Å². The molecule has 2 heterocycles.